The van der Waals surface area contributed by atoms with Crippen LogP contribution in [0.1, 0.15) is 17.7 Å². The van der Waals surface area contributed by atoms with Gasteiger partial charge in [-0.15, -0.1) is 12.4 Å². The number of hydrogen-bond donors (Lipinski definition) is 2. The van der Waals surface area contributed by atoms with Crippen molar-refractivity contribution >= 4 is 18.3 Å². The first-order valence-electron chi connectivity index (χ1n) is 8.09. The molecular formula is C17H16ClF5N4O. The molecule has 0 saturated carbocycles. The Morgan fingerprint density at radius 2 is 2.00 bits per heavy atom. The molecule has 2 heterocycles. The van der Waals surface area contributed by atoms with E-state index in [0.717, 1.165) is 18.5 Å². The summed E-state index contributed by atoms with van der Waals surface area (Å²) in [5.74, 6) is -1.92. The van der Waals surface area contributed by atoms with E-state index < -0.39 is 35.7 Å². The van der Waals surface area contributed by atoms with Gasteiger partial charge in [0, 0.05) is 5.56 Å². The number of nitrogens with zero attached hydrogens (tertiary/aromatic N) is 2. The second-order valence-electron chi connectivity index (χ2n) is 6.04. The van der Waals surface area contributed by atoms with Gasteiger partial charge in [-0.2, -0.15) is 13.2 Å². The van der Waals surface area contributed by atoms with Crippen LogP contribution in [-0.4, -0.2) is 34.6 Å². The fraction of sp³-hybridized carbons (Fsp3) is 0.353. The third kappa shape index (κ3) is 4.93. The first-order valence-corrected chi connectivity index (χ1v) is 8.09. The van der Waals surface area contributed by atoms with E-state index in [1.165, 1.54) is 6.07 Å². The minimum atomic E-state index is -4.79. The quantitative estimate of drug-likeness (QED) is 0.743. The summed E-state index contributed by atoms with van der Waals surface area (Å²) in [4.78, 5) is 19.8. The van der Waals surface area contributed by atoms with Crippen LogP contribution in [-0.2, 0) is 17.5 Å². The number of halogens is 6. The Bertz CT molecular complexity index is 849. The molecule has 1 fully saturated rings. The molecule has 3 rings (SSSR count). The van der Waals surface area contributed by atoms with Crippen LogP contribution in [0.3, 0.4) is 0 Å². The van der Waals surface area contributed by atoms with Crippen LogP contribution >= 0.6 is 12.4 Å². The average Bonchev–Trinajstić information content (AvgIpc) is 3.05. The fourth-order valence-corrected chi connectivity index (χ4v) is 2.77. The summed E-state index contributed by atoms with van der Waals surface area (Å²) in [6.45, 7) is 0.388. The molecule has 28 heavy (non-hydrogen) atoms. The monoisotopic (exact) mass is 422 g/mol. The Morgan fingerprint density at radius 1 is 1.25 bits per heavy atom. The zero-order valence-electron chi connectivity index (χ0n) is 14.3. The van der Waals surface area contributed by atoms with Gasteiger partial charge in [0.25, 0.3) is 0 Å². The van der Waals surface area contributed by atoms with E-state index in [9.17, 15) is 26.7 Å². The maximum Gasteiger partial charge on any atom is 0.419 e. The number of hydrogen-bond acceptors (Lipinski definition) is 4. The summed E-state index contributed by atoms with van der Waals surface area (Å²) in [7, 11) is 0. The van der Waals surface area contributed by atoms with E-state index in [1.807, 2.05) is 0 Å². The lowest BCUT2D eigenvalue weighted by atomic mass is 10.1. The lowest BCUT2D eigenvalue weighted by Gasteiger charge is -2.13. The van der Waals surface area contributed by atoms with E-state index in [4.69, 9.17) is 0 Å². The predicted molar refractivity (Wildman–Crippen MR) is 92.8 cm³/mol. The number of benzene rings is 1. The van der Waals surface area contributed by atoms with Crippen LogP contribution in [0, 0.1) is 5.82 Å². The number of alkyl halides is 4. The Morgan fingerprint density at radius 3 is 2.61 bits per heavy atom. The predicted octanol–water partition coefficient (Wildman–Crippen LogP) is 3.04. The molecule has 0 bridgehead atoms. The van der Waals surface area contributed by atoms with Crippen molar-refractivity contribution in [3.05, 3.63) is 47.7 Å². The molecule has 0 spiro atoms. The average molecular weight is 423 g/mol. The van der Waals surface area contributed by atoms with Gasteiger partial charge in [-0.25, -0.2) is 18.7 Å². The second kappa shape index (κ2) is 8.78. The molecule has 2 N–H and O–H groups in total. The molecule has 1 saturated heterocycles. The van der Waals surface area contributed by atoms with Gasteiger partial charge in [-0.1, -0.05) is 6.07 Å². The highest BCUT2D eigenvalue weighted by molar-refractivity contribution is 5.85. The Hall–Kier alpha value is -2.33. The largest absolute Gasteiger partial charge is 0.419 e. The van der Waals surface area contributed by atoms with Crippen LogP contribution in [0.2, 0.25) is 0 Å². The van der Waals surface area contributed by atoms with Gasteiger partial charge in [-0.05, 0) is 31.2 Å². The van der Waals surface area contributed by atoms with E-state index in [1.54, 1.807) is 0 Å². The van der Waals surface area contributed by atoms with Crippen LogP contribution in [0.25, 0.3) is 11.3 Å². The maximum atomic E-state index is 13.7. The third-order valence-corrected chi connectivity index (χ3v) is 4.17. The summed E-state index contributed by atoms with van der Waals surface area (Å²) >= 11 is 0. The minimum absolute atomic E-state index is 0. The molecule has 1 aromatic carbocycles. The zero-order valence-corrected chi connectivity index (χ0v) is 15.1. The molecule has 1 aliphatic heterocycles. The summed E-state index contributed by atoms with van der Waals surface area (Å²) < 4.78 is 65.2. The van der Waals surface area contributed by atoms with E-state index in [0.29, 0.717) is 18.3 Å². The van der Waals surface area contributed by atoms with E-state index in [2.05, 4.69) is 20.6 Å². The van der Waals surface area contributed by atoms with Gasteiger partial charge in [0.1, 0.15) is 24.4 Å². The molecular weight excluding hydrogens is 407 g/mol. The van der Waals surface area contributed by atoms with Crippen molar-refractivity contribution in [1.29, 1.82) is 0 Å². The SMILES string of the molecule is Cl.O=C(NCc1cc(-c2ccc(C(F)(F)F)c(F)c2)ncn1)[C@H]1NCC[C@@H]1F. The van der Waals surface area contributed by atoms with Crippen LogP contribution in [0.5, 0.6) is 0 Å². The summed E-state index contributed by atoms with van der Waals surface area (Å²) in [5.41, 5.74) is -0.680. The highest BCUT2D eigenvalue weighted by Gasteiger charge is 2.34. The standard InChI is InChI=1S/C17H15F5N4O.ClH/c18-12-3-4-23-15(12)16(27)24-7-10-6-14(26-8-25-10)9-1-2-11(13(19)5-9)17(20,21)22;/h1-2,5-6,8,12,15,23H,3-4,7H2,(H,24,27);1H/t12-,15-;/m0./s1. The first kappa shape index (κ1) is 22.0. The van der Waals surface area contributed by atoms with Crippen molar-refractivity contribution in [1.82, 2.24) is 20.6 Å². The van der Waals surface area contributed by atoms with Crippen LogP contribution in [0.15, 0.2) is 30.6 Å². The van der Waals surface area contributed by atoms with Crippen molar-refractivity contribution in [3.63, 3.8) is 0 Å². The van der Waals surface area contributed by atoms with Crippen LogP contribution in [0.4, 0.5) is 22.0 Å². The molecule has 1 aromatic heterocycles. The third-order valence-electron chi connectivity index (χ3n) is 4.17. The van der Waals surface area contributed by atoms with Gasteiger partial charge in [-0.3, -0.25) is 4.79 Å². The number of carbonyl (C=O) groups is 1. The number of rotatable bonds is 4. The molecule has 1 amide bonds. The normalized spacial score (nSPS) is 19.2. The zero-order chi connectivity index (χ0) is 19.6. The van der Waals surface area contributed by atoms with Gasteiger partial charge in [0.05, 0.1) is 23.5 Å². The molecule has 2 aromatic rings. The maximum absolute atomic E-state index is 13.7. The highest BCUT2D eigenvalue weighted by Crippen LogP contribution is 2.33. The smallest absolute Gasteiger partial charge is 0.349 e. The topological polar surface area (TPSA) is 66.9 Å². The second-order valence-corrected chi connectivity index (χ2v) is 6.04. The molecule has 0 unspecified atom stereocenters. The van der Waals surface area contributed by atoms with Gasteiger partial charge in [0.15, 0.2) is 0 Å². The summed E-state index contributed by atoms with van der Waals surface area (Å²) in [6.07, 6.45) is -4.64. The fourth-order valence-electron chi connectivity index (χ4n) is 2.77. The van der Waals surface area contributed by atoms with E-state index >= 15 is 0 Å². The Labute approximate surface area is 163 Å². The van der Waals surface area contributed by atoms with Crippen LogP contribution < -0.4 is 10.6 Å². The van der Waals surface area contributed by atoms with Crippen molar-refractivity contribution in [2.75, 3.05) is 6.54 Å². The number of amides is 1. The molecule has 1 aliphatic rings. The number of carbonyl (C=O) groups excluding carboxylic acids is 1. The minimum Gasteiger partial charge on any atom is -0.349 e. The van der Waals surface area contributed by atoms with Crippen molar-refractivity contribution in [3.8, 4) is 11.3 Å². The molecule has 2 atom stereocenters. The summed E-state index contributed by atoms with van der Waals surface area (Å²) in [6, 6.07) is 2.98. The molecule has 152 valence electrons. The van der Waals surface area contributed by atoms with E-state index in [-0.39, 0.29) is 36.6 Å². The Balaban J connectivity index is 0.00000280. The first-order chi connectivity index (χ1) is 12.8. The lowest BCUT2D eigenvalue weighted by Crippen LogP contribution is -2.44. The highest BCUT2D eigenvalue weighted by atomic mass is 35.5. The van der Waals surface area contributed by atoms with Crippen molar-refractivity contribution < 1.29 is 26.7 Å². The molecule has 0 aliphatic carbocycles. The molecule has 11 heteroatoms. The summed E-state index contributed by atoms with van der Waals surface area (Å²) in [5, 5.41) is 5.29. The molecule has 5 nitrogen and oxygen atoms in total. The van der Waals surface area contributed by atoms with Gasteiger partial charge < -0.3 is 10.6 Å². The van der Waals surface area contributed by atoms with Gasteiger partial charge >= 0.3 is 6.18 Å². The lowest BCUT2D eigenvalue weighted by molar-refractivity contribution is -0.140. The van der Waals surface area contributed by atoms with Crippen molar-refractivity contribution in [2.24, 2.45) is 0 Å². The van der Waals surface area contributed by atoms with Gasteiger partial charge in [0.2, 0.25) is 5.91 Å². The van der Waals surface area contributed by atoms with Crippen molar-refractivity contribution in [2.45, 2.75) is 31.4 Å². The number of nitrogens with one attached hydrogen (secondary N) is 2. The molecule has 0 radical (unpaired) electrons. The number of aromatic nitrogens is 2. The Kier molecular flexibility index (Phi) is 6.89.